The molecule has 2 aliphatic heterocycles. The molecule has 2 atom stereocenters. The van der Waals surface area contributed by atoms with Crippen LogP contribution in [0.15, 0.2) is 0 Å². The molecule has 0 spiro atoms. The molecule has 4 heteroatoms. The first-order chi connectivity index (χ1) is 7.36. The minimum atomic E-state index is 0.445. The smallest absolute Gasteiger partial charge is 0.0712 e. The fourth-order valence-electron chi connectivity index (χ4n) is 2.21. The molecule has 0 aromatic rings. The summed E-state index contributed by atoms with van der Waals surface area (Å²) in [5.74, 6) is 2.60. The standard InChI is InChI=1S/C11H22N2OS/c1-10-9-15-7-5-13(10)4-2-11-8-12-3-6-14-11/h10-12H,2-9H2,1H3. The zero-order valence-electron chi connectivity index (χ0n) is 9.58. The van der Waals surface area contributed by atoms with Crippen molar-refractivity contribution in [2.45, 2.75) is 25.5 Å². The number of morpholine rings is 1. The molecule has 88 valence electrons. The second-order valence-corrected chi connectivity index (χ2v) is 5.60. The van der Waals surface area contributed by atoms with Crippen LogP contribution in [0.4, 0.5) is 0 Å². The van der Waals surface area contributed by atoms with Crippen LogP contribution in [0, 0.1) is 0 Å². The molecule has 3 nitrogen and oxygen atoms in total. The molecule has 2 aliphatic rings. The lowest BCUT2D eigenvalue weighted by Crippen LogP contribution is -2.44. The number of nitrogens with zero attached hydrogens (tertiary/aromatic N) is 1. The van der Waals surface area contributed by atoms with E-state index in [-0.39, 0.29) is 0 Å². The summed E-state index contributed by atoms with van der Waals surface area (Å²) in [6, 6.07) is 0.750. The Hall–Kier alpha value is 0.230. The average molecular weight is 230 g/mol. The van der Waals surface area contributed by atoms with Gasteiger partial charge in [-0.05, 0) is 13.3 Å². The van der Waals surface area contributed by atoms with Crippen LogP contribution >= 0.6 is 11.8 Å². The van der Waals surface area contributed by atoms with E-state index >= 15 is 0 Å². The Balaban J connectivity index is 1.67. The number of rotatable bonds is 3. The lowest BCUT2D eigenvalue weighted by Gasteiger charge is -2.34. The summed E-state index contributed by atoms with van der Waals surface area (Å²) in [6.07, 6.45) is 1.63. The Kier molecular flexibility index (Phi) is 4.75. The molecule has 1 N–H and O–H groups in total. The second kappa shape index (κ2) is 6.09. The van der Waals surface area contributed by atoms with Crippen LogP contribution in [0.3, 0.4) is 0 Å². The highest BCUT2D eigenvalue weighted by Crippen LogP contribution is 2.16. The van der Waals surface area contributed by atoms with Gasteiger partial charge in [0.25, 0.3) is 0 Å². The highest BCUT2D eigenvalue weighted by Gasteiger charge is 2.20. The number of ether oxygens (including phenoxy) is 1. The first kappa shape index (κ1) is 11.7. The summed E-state index contributed by atoms with van der Waals surface area (Å²) in [4.78, 5) is 2.61. The zero-order valence-corrected chi connectivity index (χ0v) is 10.4. The molecule has 0 amide bonds. The van der Waals surface area contributed by atoms with Gasteiger partial charge in [0.15, 0.2) is 0 Å². The normalized spacial score (nSPS) is 34.2. The molecule has 2 fully saturated rings. The minimum absolute atomic E-state index is 0.445. The van der Waals surface area contributed by atoms with E-state index in [2.05, 4.69) is 28.9 Å². The molecule has 0 aromatic carbocycles. The topological polar surface area (TPSA) is 24.5 Å². The second-order valence-electron chi connectivity index (χ2n) is 4.45. The Labute approximate surface area is 96.9 Å². The van der Waals surface area contributed by atoms with E-state index in [4.69, 9.17) is 4.74 Å². The molecule has 0 radical (unpaired) electrons. The van der Waals surface area contributed by atoms with E-state index in [0.29, 0.717) is 6.10 Å². The summed E-state index contributed by atoms with van der Waals surface area (Å²) in [5.41, 5.74) is 0. The van der Waals surface area contributed by atoms with Gasteiger partial charge in [-0.1, -0.05) is 0 Å². The lowest BCUT2D eigenvalue weighted by atomic mass is 10.2. The van der Waals surface area contributed by atoms with Gasteiger partial charge in [-0.25, -0.2) is 0 Å². The molecule has 2 unspecified atom stereocenters. The Bertz CT molecular complexity index is 185. The molecule has 2 rings (SSSR count). The summed E-state index contributed by atoms with van der Waals surface area (Å²) in [7, 11) is 0. The third-order valence-electron chi connectivity index (χ3n) is 3.25. The van der Waals surface area contributed by atoms with Crippen LogP contribution in [0.25, 0.3) is 0 Å². The van der Waals surface area contributed by atoms with Crippen LogP contribution in [0.2, 0.25) is 0 Å². The number of hydrogen-bond donors (Lipinski definition) is 1. The van der Waals surface area contributed by atoms with Crippen LogP contribution in [0.1, 0.15) is 13.3 Å². The minimum Gasteiger partial charge on any atom is -0.376 e. The third-order valence-corrected chi connectivity index (χ3v) is 4.44. The number of thioether (sulfide) groups is 1. The molecule has 15 heavy (non-hydrogen) atoms. The van der Waals surface area contributed by atoms with Crippen molar-refractivity contribution in [3.63, 3.8) is 0 Å². The Morgan fingerprint density at radius 1 is 1.53 bits per heavy atom. The predicted molar refractivity (Wildman–Crippen MR) is 65.6 cm³/mol. The van der Waals surface area contributed by atoms with Crippen molar-refractivity contribution in [3.05, 3.63) is 0 Å². The summed E-state index contributed by atoms with van der Waals surface area (Å²) in [6.45, 7) is 7.74. The van der Waals surface area contributed by atoms with E-state index in [0.717, 1.165) is 25.7 Å². The first-order valence-electron chi connectivity index (χ1n) is 6.00. The van der Waals surface area contributed by atoms with Gasteiger partial charge in [0.2, 0.25) is 0 Å². The fraction of sp³-hybridized carbons (Fsp3) is 1.00. The third kappa shape index (κ3) is 3.63. The van der Waals surface area contributed by atoms with Gasteiger partial charge < -0.3 is 10.1 Å². The maximum atomic E-state index is 5.71. The van der Waals surface area contributed by atoms with Gasteiger partial charge in [0.05, 0.1) is 12.7 Å². The Morgan fingerprint density at radius 3 is 3.20 bits per heavy atom. The quantitative estimate of drug-likeness (QED) is 0.775. The van der Waals surface area contributed by atoms with E-state index < -0.39 is 0 Å². The fourth-order valence-corrected chi connectivity index (χ4v) is 3.29. The van der Waals surface area contributed by atoms with Gasteiger partial charge in [-0.15, -0.1) is 0 Å². The van der Waals surface area contributed by atoms with E-state index in [1.54, 1.807) is 0 Å². The van der Waals surface area contributed by atoms with Crippen molar-refractivity contribution < 1.29 is 4.74 Å². The van der Waals surface area contributed by atoms with Crippen molar-refractivity contribution in [2.75, 3.05) is 44.3 Å². The predicted octanol–water partition coefficient (Wildman–Crippen LogP) is 0.802. The first-order valence-corrected chi connectivity index (χ1v) is 7.16. The molecule has 2 heterocycles. The van der Waals surface area contributed by atoms with Gasteiger partial charge in [-0.2, -0.15) is 11.8 Å². The summed E-state index contributed by atoms with van der Waals surface area (Å²) < 4.78 is 5.71. The Morgan fingerprint density at radius 2 is 2.47 bits per heavy atom. The molecular weight excluding hydrogens is 208 g/mol. The highest BCUT2D eigenvalue weighted by molar-refractivity contribution is 7.99. The maximum Gasteiger partial charge on any atom is 0.0712 e. The van der Waals surface area contributed by atoms with Gasteiger partial charge in [0, 0.05) is 43.7 Å². The van der Waals surface area contributed by atoms with Crippen LogP contribution in [-0.4, -0.2) is 61.3 Å². The average Bonchev–Trinajstić information content (AvgIpc) is 2.29. The molecular formula is C11H22N2OS. The van der Waals surface area contributed by atoms with E-state index in [1.165, 1.54) is 31.0 Å². The van der Waals surface area contributed by atoms with Gasteiger partial charge in [0.1, 0.15) is 0 Å². The molecule has 0 saturated carbocycles. The maximum absolute atomic E-state index is 5.71. The van der Waals surface area contributed by atoms with E-state index in [1.807, 2.05) is 0 Å². The molecule has 0 bridgehead atoms. The van der Waals surface area contributed by atoms with Gasteiger partial charge in [-0.3, -0.25) is 4.90 Å². The summed E-state index contributed by atoms with van der Waals surface area (Å²) >= 11 is 2.08. The monoisotopic (exact) mass is 230 g/mol. The van der Waals surface area contributed by atoms with Crippen molar-refractivity contribution in [3.8, 4) is 0 Å². The van der Waals surface area contributed by atoms with Gasteiger partial charge >= 0.3 is 0 Å². The van der Waals surface area contributed by atoms with Crippen molar-refractivity contribution >= 4 is 11.8 Å². The van der Waals surface area contributed by atoms with Crippen LogP contribution in [-0.2, 0) is 4.74 Å². The van der Waals surface area contributed by atoms with Crippen LogP contribution < -0.4 is 5.32 Å². The zero-order chi connectivity index (χ0) is 10.5. The number of nitrogens with one attached hydrogen (secondary N) is 1. The van der Waals surface area contributed by atoms with Crippen molar-refractivity contribution in [2.24, 2.45) is 0 Å². The molecule has 2 saturated heterocycles. The highest BCUT2D eigenvalue weighted by atomic mass is 32.2. The van der Waals surface area contributed by atoms with Crippen LogP contribution in [0.5, 0.6) is 0 Å². The van der Waals surface area contributed by atoms with Crippen molar-refractivity contribution in [1.29, 1.82) is 0 Å². The SMILES string of the molecule is CC1CSCCN1CCC1CNCCO1. The van der Waals surface area contributed by atoms with E-state index in [9.17, 15) is 0 Å². The molecule has 0 aliphatic carbocycles. The lowest BCUT2D eigenvalue weighted by molar-refractivity contribution is 0.0158. The summed E-state index contributed by atoms with van der Waals surface area (Å²) in [5, 5.41) is 3.39. The number of hydrogen-bond acceptors (Lipinski definition) is 4. The van der Waals surface area contributed by atoms with Crippen molar-refractivity contribution in [1.82, 2.24) is 10.2 Å². The largest absolute Gasteiger partial charge is 0.376 e. The molecule has 0 aromatic heterocycles.